The number of nitrogens with two attached hydrogens (primary N) is 1. The van der Waals surface area contributed by atoms with Gasteiger partial charge in [0, 0.05) is 19.3 Å². The predicted molar refractivity (Wildman–Crippen MR) is 69.8 cm³/mol. The SMILES string of the molecule is CC1CCN(CCNc2nccc(N)n2)CC1. The first kappa shape index (κ1) is 12.1. The van der Waals surface area contributed by atoms with Crippen LogP contribution in [0.25, 0.3) is 0 Å². The van der Waals surface area contributed by atoms with Crippen LogP contribution in [-0.4, -0.2) is 41.0 Å². The molecule has 5 nitrogen and oxygen atoms in total. The fourth-order valence-electron chi connectivity index (χ4n) is 2.07. The summed E-state index contributed by atoms with van der Waals surface area (Å²) in [7, 11) is 0. The van der Waals surface area contributed by atoms with Crippen LogP contribution in [0.3, 0.4) is 0 Å². The van der Waals surface area contributed by atoms with Crippen LogP contribution in [0.1, 0.15) is 19.8 Å². The lowest BCUT2D eigenvalue weighted by Crippen LogP contribution is -2.36. The topological polar surface area (TPSA) is 67.1 Å². The Bertz CT molecular complexity index is 347. The van der Waals surface area contributed by atoms with Crippen LogP contribution < -0.4 is 11.1 Å². The average molecular weight is 235 g/mol. The van der Waals surface area contributed by atoms with Crippen molar-refractivity contribution >= 4 is 11.8 Å². The van der Waals surface area contributed by atoms with Gasteiger partial charge in [-0.05, 0) is 37.9 Å². The number of likely N-dealkylation sites (tertiary alicyclic amines) is 1. The van der Waals surface area contributed by atoms with E-state index in [0.29, 0.717) is 11.8 Å². The summed E-state index contributed by atoms with van der Waals surface area (Å²) in [5.74, 6) is 2.01. The maximum Gasteiger partial charge on any atom is 0.224 e. The molecular weight excluding hydrogens is 214 g/mol. The molecule has 1 aromatic heterocycles. The van der Waals surface area contributed by atoms with Crippen LogP contribution in [0.15, 0.2) is 12.3 Å². The van der Waals surface area contributed by atoms with Crippen molar-refractivity contribution in [3.8, 4) is 0 Å². The molecule has 2 rings (SSSR count). The van der Waals surface area contributed by atoms with E-state index >= 15 is 0 Å². The van der Waals surface area contributed by atoms with Crippen LogP contribution in [0.5, 0.6) is 0 Å². The summed E-state index contributed by atoms with van der Waals surface area (Å²) < 4.78 is 0. The molecule has 1 aliphatic heterocycles. The van der Waals surface area contributed by atoms with E-state index in [1.54, 1.807) is 12.3 Å². The van der Waals surface area contributed by atoms with Gasteiger partial charge in [0.2, 0.25) is 5.95 Å². The zero-order valence-corrected chi connectivity index (χ0v) is 10.4. The highest BCUT2D eigenvalue weighted by Crippen LogP contribution is 2.15. The van der Waals surface area contributed by atoms with Crippen molar-refractivity contribution in [1.29, 1.82) is 0 Å². The molecule has 1 saturated heterocycles. The maximum atomic E-state index is 5.59. The minimum absolute atomic E-state index is 0.509. The molecule has 3 N–H and O–H groups in total. The number of anilines is 2. The number of aromatic nitrogens is 2. The molecule has 0 spiro atoms. The van der Waals surface area contributed by atoms with E-state index < -0.39 is 0 Å². The van der Waals surface area contributed by atoms with Crippen LogP contribution in [-0.2, 0) is 0 Å². The summed E-state index contributed by atoms with van der Waals surface area (Å²) in [5, 5.41) is 3.20. The number of rotatable bonds is 4. The molecule has 1 aliphatic rings. The fourth-order valence-corrected chi connectivity index (χ4v) is 2.07. The van der Waals surface area contributed by atoms with E-state index in [1.165, 1.54) is 25.9 Å². The molecule has 1 aromatic rings. The van der Waals surface area contributed by atoms with Crippen molar-refractivity contribution < 1.29 is 0 Å². The van der Waals surface area contributed by atoms with Gasteiger partial charge in [0.1, 0.15) is 5.82 Å². The smallest absolute Gasteiger partial charge is 0.224 e. The normalized spacial score (nSPS) is 18.2. The van der Waals surface area contributed by atoms with Gasteiger partial charge in [-0.2, -0.15) is 4.98 Å². The van der Waals surface area contributed by atoms with Gasteiger partial charge in [0.25, 0.3) is 0 Å². The van der Waals surface area contributed by atoms with Crippen LogP contribution in [0.4, 0.5) is 11.8 Å². The van der Waals surface area contributed by atoms with Crippen molar-refractivity contribution in [2.45, 2.75) is 19.8 Å². The van der Waals surface area contributed by atoms with Gasteiger partial charge in [-0.3, -0.25) is 0 Å². The van der Waals surface area contributed by atoms with E-state index in [1.807, 2.05) is 0 Å². The Morgan fingerprint density at radius 2 is 2.24 bits per heavy atom. The monoisotopic (exact) mass is 235 g/mol. The van der Waals surface area contributed by atoms with Crippen LogP contribution >= 0.6 is 0 Å². The second kappa shape index (κ2) is 5.82. The minimum Gasteiger partial charge on any atom is -0.384 e. The highest BCUT2D eigenvalue weighted by atomic mass is 15.2. The lowest BCUT2D eigenvalue weighted by atomic mass is 9.99. The summed E-state index contributed by atoms with van der Waals surface area (Å²) in [5.41, 5.74) is 5.59. The van der Waals surface area contributed by atoms with Gasteiger partial charge in [-0.25, -0.2) is 4.98 Å². The van der Waals surface area contributed by atoms with Gasteiger partial charge in [0.05, 0.1) is 0 Å². The fraction of sp³-hybridized carbons (Fsp3) is 0.667. The summed E-state index contributed by atoms with van der Waals surface area (Å²) in [4.78, 5) is 10.7. The van der Waals surface area contributed by atoms with E-state index in [9.17, 15) is 0 Å². The van der Waals surface area contributed by atoms with Gasteiger partial charge < -0.3 is 16.0 Å². The lowest BCUT2D eigenvalue weighted by molar-refractivity contribution is 0.199. The molecule has 0 atom stereocenters. The molecule has 5 heteroatoms. The molecule has 0 unspecified atom stereocenters. The Kier molecular flexibility index (Phi) is 4.14. The maximum absolute atomic E-state index is 5.59. The summed E-state index contributed by atoms with van der Waals surface area (Å²) in [6.07, 6.45) is 4.30. The Balaban J connectivity index is 1.69. The molecule has 0 saturated carbocycles. The van der Waals surface area contributed by atoms with Gasteiger partial charge in [-0.1, -0.05) is 6.92 Å². The molecule has 0 aromatic carbocycles. The molecule has 17 heavy (non-hydrogen) atoms. The van der Waals surface area contributed by atoms with E-state index in [-0.39, 0.29) is 0 Å². The lowest BCUT2D eigenvalue weighted by Gasteiger charge is -2.30. The highest BCUT2D eigenvalue weighted by molar-refractivity contribution is 5.34. The van der Waals surface area contributed by atoms with E-state index in [2.05, 4.69) is 27.1 Å². The Morgan fingerprint density at radius 1 is 1.47 bits per heavy atom. The highest BCUT2D eigenvalue weighted by Gasteiger charge is 2.14. The zero-order chi connectivity index (χ0) is 12.1. The largest absolute Gasteiger partial charge is 0.384 e. The Hall–Kier alpha value is -1.36. The summed E-state index contributed by atoms with van der Waals surface area (Å²) in [6.45, 7) is 6.67. The standard InChI is InChI=1S/C12H21N5/c1-10-3-7-17(8-4-10)9-6-15-12-14-5-2-11(13)16-12/h2,5,10H,3-4,6-9H2,1H3,(H3,13,14,15,16). The van der Waals surface area contributed by atoms with Crippen molar-refractivity contribution in [1.82, 2.24) is 14.9 Å². The zero-order valence-electron chi connectivity index (χ0n) is 10.4. The van der Waals surface area contributed by atoms with Crippen molar-refractivity contribution in [2.75, 3.05) is 37.2 Å². The first-order valence-corrected chi connectivity index (χ1v) is 6.29. The number of nitrogens with one attached hydrogen (secondary N) is 1. The summed E-state index contributed by atoms with van der Waals surface area (Å²) >= 11 is 0. The molecule has 0 aliphatic carbocycles. The first-order valence-electron chi connectivity index (χ1n) is 6.29. The Morgan fingerprint density at radius 3 is 2.94 bits per heavy atom. The molecule has 0 radical (unpaired) electrons. The first-order chi connectivity index (χ1) is 8.24. The summed E-state index contributed by atoms with van der Waals surface area (Å²) in [6, 6.07) is 1.69. The minimum atomic E-state index is 0.509. The average Bonchev–Trinajstić information content (AvgIpc) is 2.32. The number of nitrogen functional groups attached to an aromatic ring is 1. The number of hydrogen-bond acceptors (Lipinski definition) is 5. The van der Waals surface area contributed by atoms with Gasteiger partial charge in [0.15, 0.2) is 0 Å². The van der Waals surface area contributed by atoms with Crippen LogP contribution in [0, 0.1) is 5.92 Å². The third-order valence-corrected chi connectivity index (χ3v) is 3.26. The van der Waals surface area contributed by atoms with Crippen LogP contribution in [0.2, 0.25) is 0 Å². The predicted octanol–water partition coefficient (Wildman–Crippen LogP) is 1.20. The van der Waals surface area contributed by atoms with Gasteiger partial charge >= 0.3 is 0 Å². The molecular formula is C12H21N5. The van der Waals surface area contributed by atoms with E-state index in [4.69, 9.17) is 5.73 Å². The third-order valence-electron chi connectivity index (χ3n) is 3.26. The van der Waals surface area contributed by atoms with Crippen molar-refractivity contribution in [3.63, 3.8) is 0 Å². The molecule has 2 heterocycles. The third kappa shape index (κ3) is 3.85. The second-order valence-corrected chi connectivity index (χ2v) is 4.76. The number of hydrogen-bond donors (Lipinski definition) is 2. The van der Waals surface area contributed by atoms with Gasteiger partial charge in [-0.15, -0.1) is 0 Å². The quantitative estimate of drug-likeness (QED) is 0.821. The Labute approximate surface area is 102 Å². The van der Waals surface area contributed by atoms with Crippen molar-refractivity contribution in [2.24, 2.45) is 5.92 Å². The second-order valence-electron chi connectivity index (χ2n) is 4.76. The number of piperidine rings is 1. The number of nitrogens with zero attached hydrogens (tertiary/aromatic N) is 3. The molecule has 1 fully saturated rings. The van der Waals surface area contributed by atoms with E-state index in [0.717, 1.165) is 19.0 Å². The molecule has 0 amide bonds. The molecule has 94 valence electrons. The van der Waals surface area contributed by atoms with Crippen molar-refractivity contribution in [3.05, 3.63) is 12.3 Å². The molecule has 0 bridgehead atoms.